The maximum atomic E-state index is 13.5. The number of nitrogens with zero attached hydrogens (tertiary/aromatic N) is 2. The van der Waals surface area contributed by atoms with Gasteiger partial charge in [0.2, 0.25) is 5.91 Å². The molecule has 116 valence electrons. The van der Waals surface area contributed by atoms with Gasteiger partial charge in [-0.15, -0.1) is 0 Å². The molecule has 1 saturated heterocycles. The molecule has 5 nitrogen and oxygen atoms in total. The Bertz CT molecular complexity index is 508. The van der Waals surface area contributed by atoms with E-state index >= 15 is 0 Å². The molecule has 0 unspecified atom stereocenters. The van der Waals surface area contributed by atoms with Crippen LogP contribution >= 0.6 is 0 Å². The lowest BCUT2D eigenvalue weighted by Gasteiger charge is -2.23. The zero-order valence-corrected chi connectivity index (χ0v) is 12.6. The van der Waals surface area contributed by atoms with Gasteiger partial charge in [0.15, 0.2) is 0 Å². The number of nitrogen functional groups attached to an aromatic ring is 1. The van der Waals surface area contributed by atoms with Gasteiger partial charge in [0, 0.05) is 31.2 Å². The van der Waals surface area contributed by atoms with E-state index in [1.165, 1.54) is 18.2 Å². The van der Waals surface area contributed by atoms with Gasteiger partial charge in [0.25, 0.3) is 0 Å². The van der Waals surface area contributed by atoms with Gasteiger partial charge in [-0.25, -0.2) is 4.39 Å². The van der Waals surface area contributed by atoms with Crippen LogP contribution in [0.25, 0.3) is 0 Å². The number of carbonyl (C=O) groups excluding carboxylic acids is 1. The Morgan fingerprint density at radius 1 is 1.57 bits per heavy atom. The maximum Gasteiger partial charge on any atom is 0.225 e. The van der Waals surface area contributed by atoms with Crippen molar-refractivity contribution in [3.8, 4) is 0 Å². The molecule has 6 heteroatoms. The summed E-state index contributed by atoms with van der Waals surface area (Å²) in [6.45, 7) is 2.78. The third-order valence-corrected chi connectivity index (χ3v) is 3.95. The van der Waals surface area contributed by atoms with Crippen LogP contribution in [0.5, 0.6) is 0 Å². The van der Waals surface area contributed by atoms with Crippen molar-refractivity contribution in [2.24, 2.45) is 0 Å². The average molecular weight is 294 g/mol. The quantitative estimate of drug-likeness (QED) is 0.805. The number of halogens is 1. The van der Waals surface area contributed by atoms with E-state index < -0.39 is 5.82 Å². The van der Waals surface area contributed by atoms with E-state index in [2.05, 4.69) is 22.2 Å². The molecule has 1 aromatic rings. The van der Waals surface area contributed by atoms with Gasteiger partial charge < -0.3 is 20.9 Å². The molecule has 1 aliphatic rings. The third kappa shape index (κ3) is 4.41. The van der Waals surface area contributed by atoms with Crippen LogP contribution in [0.3, 0.4) is 0 Å². The molecule has 2 rings (SSSR count). The molecular formula is C15H23FN4O. The highest BCUT2D eigenvalue weighted by Crippen LogP contribution is 2.18. The molecule has 21 heavy (non-hydrogen) atoms. The first-order valence-corrected chi connectivity index (χ1v) is 7.19. The van der Waals surface area contributed by atoms with Crippen molar-refractivity contribution in [2.45, 2.75) is 18.9 Å². The Labute approximate surface area is 124 Å². The second-order valence-corrected chi connectivity index (χ2v) is 5.72. The highest BCUT2D eigenvalue weighted by atomic mass is 19.1. The van der Waals surface area contributed by atoms with Crippen molar-refractivity contribution in [1.82, 2.24) is 9.80 Å². The summed E-state index contributed by atoms with van der Waals surface area (Å²) < 4.78 is 13.5. The summed E-state index contributed by atoms with van der Waals surface area (Å²) in [5, 5.41) is 2.57. The van der Waals surface area contributed by atoms with Crippen molar-refractivity contribution < 1.29 is 9.18 Å². The monoisotopic (exact) mass is 294 g/mol. The number of likely N-dealkylation sites (N-methyl/N-ethyl adjacent to an activating group) is 2. The molecule has 1 atom stereocenters. The Morgan fingerprint density at radius 3 is 3.00 bits per heavy atom. The number of hydrogen-bond acceptors (Lipinski definition) is 4. The normalized spacial score (nSPS) is 19.1. The molecule has 0 spiro atoms. The Morgan fingerprint density at radius 2 is 2.33 bits per heavy atom. The zero-order valence-electron chi connectivity index (χ0n) is 12.6. The first-order valence-electron chi connectivity index (χ1n) is 7.19. The van der Waals surface area contributed by atoms with Crippen molar-refractivity contribution in [1.29, 1.82) is 0 Å². The van der Waals surface area contributed by atoms with Gasteiger partial charge in [-0.05, 0) is 45.3 Å². The highest BCUT2D eigenvalue weighted by molar-refractivity contribution is 5.91. The van der Waals surface area contributed by atoms with Crippen LogP contribution in [0.2, 0.25) is 0 Å². The Hall–Kier alpha value is -1.66. The van der Waals surface area contributed by atoms with Crippen LogP contribution in [-0.4, -0.2) is 55.5 Å². The van der Waals surface area contributed by atoms with Crippen molar-refractivity contribution >= 4 is 17.3 Å². The van der Waals surface area contributed by atoms with Gasteiger partial charge >= 0.3 is 0 Å². The number of nitrogens with two attached hydrogens (primary N) is 1. The third-order valence-electron chi connectivity index (χ3n) is 3.95. The fourth-order valence-electron chi connectivity index (χ4n) is 2.58. The topological polar surface area (TPSA) is 61.6 Å². The molecule has 1 amide bonds. The summed E-state index contributed by atoms with van der Waals surface area (Å²) in [7, 11) is 4.13. The minimum absolute atomic E-state index is 0.142. The molecule has 0 radical (unpaired) electrons. The second-order valence-electron chi connectivity index (χ2n) is 5.72. The lowest BCUT2D eigenvalue weighted by atomic mass is 10.2. The molecule has 1 fully saturated rings. The van der Waals surface area contributed by atoms with Crippen molar-refractivity contribution in [2.75, 3.05) is 44.8 Å². The number of amides is 1. The van der Waals surface area contributed by atoms with Crippen LogP contribution in [0.1, 0.15) is 12.8 Å². The van der Waals surface area contributed by atoms with Crippen LogP contribution in [-0.2, 0) is 4.79 Å². The van der Waals surface area contributed by atoms with E-state index in [1.807, 2.05) is 7.05 Å². The predicted octanol–water partition coefficient (Wildman–Crippen LogP) is 1.37. The van der Waals surface area contributed by atoms with E-state index in [9.17, 15) is 9.18 Å². The van der Waals surface area contributed by atoms with Crippen LogP contribution in [0.4, 0.5) is 15.8 Å². The molecule has 0 saturated carbocycles. The van der Waals surface area contributed by atoms with E-state index in [1.54, 1.807) is 0 Å². The van der Waals surface area contributed by atoms with E-state index in [0.717, 1.165) is 19.5 Å². The summed E-state index contributed by atoms with van der Waals surface area (Å²) in [5.41, 5.74) is 6.16. The molecule has 3 N–H and O–H groups in total. The van der Waals surface area contributed by atoms with Crippen LogP contribution in [0.15, 0.2) is 18.2 Å². The average Bonchev–Trinajstić information content (AvgIpc) is 2.87. The lowest BCUT2D eigenvalue weighted by molar-refractivity contribution is -0.116. The van der Waals surface area contributed by atoms with Gasteiger partial charge in [0.05, 0.1) is 5.69 Å². The van der Waals surface area contributed by atoms with E-state index in [0.29, 0.717) is 24.7 Å². The minimum atomic E-state index is -0.469. The largest absolute Gasteiger partial charge is 0.399 e. The number of rotatable bonds is 5. The Kier molecular flexibility index (Phi) is 5.14. The van der Waals surface area contributed by atoms with E-state index in [-0.39, 0.29) is 11.6 Å². The molecular weight excluding hydrogens is 271 g/mol. The fourth-order valence-corrected chi connectivity index (χ4v) is 2.58. The van der Waals surface area contributed by atoms with Crippen LogP contribution < -0.4 is 11.1 Å². The summed E-state index contributed by atoms with van der Waals surface area (Å²) in [4.78, 5) is 16.4. The second kappa shape index (κ2) is 6.87. The van der Waals surface area contributed by atoms with Crippen molar-refractivity contribution in [3.05, 3.63) is 24.0 Å². The van der Waals surface area contributed by atoms with Gasteiger partial charge in [0.1, 0.15) is 5.82 Å². The minimum Gasteiger partial charge on any atom is -0.399 e. The SMILES string of the molecule is CN1CC[C@H](N(C)CCC(=O)Nc2cc(N)ccc2F)C1. The molecule has 0 bridgehead atoms. The first-order chi connectivity index (χ1) is 9.95. The highest BCUT2D eigenvalue weighted by Gasteiger charge is 2.23. The maximum absolute atomic E-state index is 13.5. The fraction of sp³-hybridized carbons (Fsp3) is 0.533. The predicted molar refractivity (Wildman–Crippen MR) is 82.6 cm³/mol. The van der Waals surface area contributed by atoms with Crippen molar-refractivity contribution in [3.63, 3.8) is 0 Å². The number of anilines is 2. The molecule has 0 aliphatic carbocycles. The number of benzene rings is 1. The van der Waals surface area contributed by atoms with Gasteiger partial charge in [-0.2, -0.15) is 0 Å². The number of carbonyl (C=O) groups is 1. The molecule has 1 heterocycles. The smallest absolute Gasteiger partial charge is 0.225 e. The number of likely N-dealkylation sites (tertiary alicyclic amines) is 1. The zero-order chi connectivity index (χ0) is 15.4. The summed E-state index contributed by atoms with van der Waals surface area (Å²) in [6.07, 6.45) is 1.46. The molecule has 0 aromatic heterocycles. The number of nitrogens with one attached hydrogen (secondary N) is 1. The first kappa shape index (κ1) is 15.7. The molecule has 1 aromatic carbocycles. The Balaban J connectivity index is 1.80. The summed E-state index contributed by atoms with van der Waals surface area (Å²) in [6, 6.07) is 4.65. The van der Waals surface area contributed by atoms with E-state index in [4.69, 9.17) is 5.73 Å². The van der Waals surface area contributed by atoms with Gasteiger partial charge in [-0.3, -0.25) is 4.79 Å². The lowest BCUT2D eigenvalue weighted by Crippen LogP contribution is -2.35. The summed E-state index contributed by atoms with van der Waals surface area (Å²) in [5.74, 6) is -0.666. The van der Waals surface area contributed by atoms with Crippen LogP contribution in [0, 0.1) is 5.82 Å². The standard InChI is InChI=1S/C15H23FN4O/c1-19-7-5-12(10-19)20(2)8-6-15(21)18-14-9-11(17)3-4-13(14)16/h3-4,9,12H,5-8,10,17H2,1-2H3,(H,18,21)/t12-/m0/s1. The molecule has 1 aliphatic heterocycles. The number of hydrogen-bond donors (Lipinski definition) is 2. The summed E-state index contributed by atoms with van der Waals surface area (Å²) >= 11 is 0. The van der Waals surface area contributed by atoms with Gasteiger partial charge in [-0.1, -0.05) is 0 Å².